The molecule has 0 amide bonds. The van der Waals surface area contributed by atoms with Crippen LogP contribution in [0.3, 0.4) is 0 Å². The van der Waals surface area contributed by atoms with Crippen molar-refractivity contribution in [1.82, 2.24) is 4.98 Å². The molecule has 0 saturated carbocycles. The van der Waals surface area contributed by atoms with E-state index in [4.69, 9.17) is 17.2 Å². The van der Waals surface area contributed by atoms with Gasteiger partial charge in [-0.15, -0.1) is 13.2 Å². The second kappa shape index (κ2) is 3.81. The van der Waals surface area contributed by atoms with Crippen LogP contribution in [-0.4, -0.2) is 11.3 Å². The summed E-state index contributed by atoms with van der Waals surface area (Å²) in [7, 11) is 0. The minimum Gasteiger partial charge on any atom is -0.401 e. The fourth-order valence-corrected chi connectivity index (χ4v) is 0.954. The van der Waals surface area contributed by atoms with E-state index in [1.165, 1.54) is 0 Å². The molecule has 0 radical (unpaired) electrons. The Morgan fingerprint density at radius 3 is 2.40 bits per heavy atom. The van der Waals surface area contributed by atoms with Gasteiger partial charge in [-0.25, -0.2) is 0 Å². The highest BCUT2D eigenvalue weighted by Gasteiger charge is 2.33. The topological polar surface area (TPSA) is 100 Å². The monoisotopic (exact) mass is 222 g/mol. The summed E-state index contributed by atoms with van der Waals surface area (Å²) in [6.07, 6.45) is -3.84. The average Bonchev–Trinajstić information content (AvgIpc) is 2.11. The van der Waals surface area contributed by atoms with Crippen LogP contribution in [0.5, 0.6) is 5.75 Å². The molecule has 0 saturated heterocycles. The van der Waals surface area contributed by atoms with Crippen LogP contribution in [0, 0.1) is 0 Å². The molecule has 0 aliphatic carbocycles. The molecule has 1 rings (SSSR count). The molecule has 0 unspecified atom stereocenters. The Morgan fingerprint density at radius 1 is 1.33 bits per heavy atom. The summed E-state index contributed by atoms with van der Waals surface area (Å²) in [6.45, 7) is -0.0969. The van der Waals surface area contributed by atoms with Crippen molar-refractivity contribution < 1.29 is 17.9 Å². The van der Waals surface area contributed by atoms with Crippen molar-refractivity contribution in [2.75, 3.05) is 11.5 Å². The zero-order chi connectivity index (χ0) is 11.6. The minimum absolute atomic E-state index is 0.0969. The lowest BCUT2D eigenvalue weighted by atomic mass is 10.2. The fraction of sp³-hybridized carbons (Fsp3) is 0.286. The van der Waals surface area contributed by atoms with E-state index in [0.717, 1.165) is 6.20 Å². The highest BCUT2D eigenvalue weighted by Crippen LogP contribution is 2.34. The Labute approximate surface area is 83.0 Å². The van der Waals surface area contributed by atoms with Crippen molar-refractivity contribution in [2.45, 2.75) is 12.9 Å². The number of hydrogen-bond donors (Lipinski definition) is 3. The van der Waals surface area contributed by atoms with Crippen LogP contribution in [0.2, 0.25) is 0 Å². The zero-order valence-electron chi connectivity index (χ0n) is 7.51. The standard InChI is InChI=1S/C7H9F3N4O/c8-7(9,10)15-6-3(12)2-14-4(1-11)5(6)13/h2H,1,11-13H2. The van der Waals surface area contributed by atoms with E-state index in [-0.39, 0.29) is 23.6 Å². The minimum atomic E-state index is -4.85. The maximum atomic E-state index is 12.0. The Kier molecular flexibility index (Phi) is 2.89. The molecule has 0 fully saturated rings. The van der Waals surface area contributed by atoms with Gasteiger partial charge in [0.05, 0.1) is 23.3 Å². The van der Waals surface area contributed by atoms with Crippen LogP contribution < -0.4 is 21.9 Å². The van der Waals surface area contributed by atoms with E-state index in [9.17, 15) is 13.2 Å². The summed E-state index contributed by atoms with van der Waals surface area (Å²) in [4.78, 5) is 3.66. The van der Waals surface area contributed by atoms with E-state index in [1.807, 2.05) is 0 Å². The lowest BCUT2D eigenvalue weighted by molar-refractivity contribution is -0.274. The van der Waals surface area contributed by atoms with Crippen molar-refractivity contribution in [3.8, 4) is 5.75 Å². The summed E-state index contributed by atoms with van der Waals surface area (Å²) in [5.41, 5.74) is 15.3. The third-order valence-corrected chi connectivity index (χ3v) is 1.59. The van der Waals surface area contributed by atoms with Gasteiger partial charge in [0, 0.05) is 6.54 Å². The largest absolute Gasteiger partial charge is 0.573 e. The molecule has 6 N–H and O–H groups in total. The van der Waals surface area contributed by atoms with Gasteiger partial charge in [-0.3, -0.25) is 4.98 Å². The number of nitrogens with two attached hydrogens (primary N) is 3. The molecule has 0 aliphatic rings. The predicted octanol–water partition coefficient (Wildman–Crippen LogP) is 0.603. The van der Waals surface area contributed by atoms with Gasteiger partial charge < -0.3 is 21.9 Å². The summed E-state index contributed by atoms with van der Waals surface area (Å²) < 4.78 is 39.5. The molecule has 0 bridgehead atoms. The number of ether oxygens (including phenoxy) is 1. The molecule has 0 aliphatic heterocycles. The summed E-state index contributed by atoms with van der Waals surface area (Å²) in [5.74, 6) is -0.655. The lowest BCUT2D eigenvalue weighted by Gasteiger charge is -2.14. The number of pyridine rings is 1. The lowest BCUT2D eigenvalue weighted by Crippen LogP contribution is -2.20. The van der Waals surface area contributed by atoms with Crippen LogP contribution in [0.1, 0.15) is 5.69 Å². The predicted molar refractivity (Wildman–Crippen MR) is 47.6 cm³/mol. The molecular formula is C7H9F3N4O. The van der Waals surface area contributed by atoms with Crippen molar-refractivity contribution in [3.63, 3.8) is 0 Å². The third kappa shape index (κ3) is 2.62. The van der Waals surface area contributed by atoms with Gasteiger partial charge in [0.25, 0.3) is 0 Å². The number of anilines is 2. The molecule has 0 aromatic carbocycles. The first kappa shape index (κ1) is 11.4. The molecular weight excluding hydrogens is 213 g/mol. The van der Waals surface area contributed by atoms with Gasteiger partial charge in [-0.1, -0.05) is 0 Å². The van der Waals surface area contributed by atoms with Crippen LogP contribution in [0.25, 0.3) is 0 Å². The molecule has 1 heterocycles. The van der Waals surface area contributed by atoms with Crippen molar-refractivity contribution in [1.29, 1.82) is 0 Å². The number of alkyl halides is 3. The van der Waals surface area contributed by atoms with E-state index < -0.39 is 12.1 Å². The fourth-order valence-electron chi connectivity index (χ4n) is 0.954. The highest BCUT2D eigenvalue weighted by atomic mass is 19.4. The second-order valence-electron chi connectivity index (χ2n) is 2.65. The molecule has 5 nitrogen and oxygen atoms in total. The number of nitrogen functional groups attached to an aromatic ring is 2. The molecule has 84 valence electrons. The SMILES string of the molecule is NCc1ncc(N)c(OC(F)(F)F)c1N. The average molecular weight is 222 g/mol. The Balaban J connectivity index is 3.15. The van der Waals surface area contributed by atoms with Crippen LogP contribution in [-0.2, 0) is 6.54 Å². The van der Waals surface area contributed by atoms with Gasteiger partial charge in [0.1, 0.15) is 0 Å². The summed E-state index contributed by atoms with van der Waals surface area (Å²) >= 11 is 0. The number of aromatic nitrogens is 1. The first-order valence-electron chi connectivity index (χ1n) is 3.83. The van der Waals surface area contributed by atoms with Gasteiger partial charge in [-0.2, -0.15) is 0 Å². The summed E-state index contributed by atoms with van der Waals surface area (Å²) in [5, 5.41) is 0. The van der Waals surface area contributed by atoms with E-state index in [1.54, 1.807) is 0 Å². The smallest absolute Gasteiger partial charge is 0.401 e. The maximum Gasteiger partial charge on any atom is 0.573 e. The van der Waals surface area contributed by atoms with Gasteiger partial charge in [0.15, 0.2) is 5.75 Å². The Hall–Kier alpha value is -1.70. The quantitative estimate of drug-likeness (QED) is 0.680. The van der Waals surface area contributed by atoms with Gasteiger partial charge in [0.2, 0.25) is 0 Å². The first-order valence-corrected chi connectivity index (χ1v) is 3.83. The van der Waals surface area contributed by atoms with Crippen LogP contribution >= 0.6 is 0 Å². The van der Waals surface area contributed by atoms with Crippen molar-refractivity contribution in [3.05, 3.63) is 11.9 Å². The maximum absolute atomic E-state index is 12.0. The van der Waals surface area contributed by atoms with Gasteiger partial charge in [-0.05, 0) is 0 Å². The Bertz CT molecular complexity index is 366. The highest BCUT2D eigenvalue weighted by molar-refractivity contribution is 5.68. The molecule has 15 heavy (non-hydrogen) atoms. The number of hydrogen-bond acceptors (Lipinski definition) is 5. The molecule has 0 atom stereocenters. The molecule has 1 aromatic rings. The van der Waals surface area contributed by atoms with Crippen molar-refractivity contribution in [2.24, 2.45) is 5.73 Å². The third-order valence-electron chi connectivity index (χ3n) is 1.59. The second-order valence-corrected chi connectivity index (χ2v) is 2.65. The number of halogens is 3. The van der Waals surface area contributed by atoms with E-state index >= 15 is 0 Å². The van der Waals surface area contributed by atoms with Gasteiger partial charge >= 0.3 is 6.36 Å². The molecule has 8 heteroatoms. The molecule has 0 spiro atoms. The van der Waals surface area contributed by atoms with E-state index in [2.05, 4.69) is 9.72 Å². The molecule has 1 aromatic heterocycles. The first-order chi connectivity index (χ1) is 6.85. The van der Waals surface area contributed by atoms with Crippen LogP contribution in [0.4, 0.5) is 24.5 Å². The normalized spacial score (nSPS) is 11.5. The number of rotatable bonds is 2. The van der Waals surface area contributed by atoms with Crippen molar-refractivity contribution >= 4 is 11.4 Å². The number of nitrogens with zero attached hydrogens (tertiary/aromatic N) is 1. The van der Waals surface area contributed by atoms with Crippen LogP contribution in [0.15, 0.2) is 6.20 Å². The van der Waals surface area contributed by atoms with E-state index in [0.29, 0.717) is 0 Å². The zero-order valence-corrected chi connectivity index (χ0v) is 7.51. The summed E-state index contributed by atoms with van der Waals surface area (Å²) in [6, 6.07) is 0. The Morgan fingerprint density at radius 2 is 1.93 bits per heavy atom.